The lowest BCUT2D eigenvalue weighted by atomic mass is 10.1. The largest absolute Gasteiger partial charge is 0.391 e. The molecule has 0 bridgehead atoms. The first-order valence-electron chi connectivity index (χ1n) is 13.1. The van der Waals surface area contributed by atoms with E-state index in [1.807, 2.05) is 19.2 Å². The van der Waals surface area contributed by atoms with Gasteiger partial charge in [-0.15, -0.1) is 0 Å². The number of fused-ring (bicyclic) bond motifs is 1. The Morgan fingerprint density at radius 1 is 1.00 bits per heavy atom. The second-order valence-corrected chi connectivity index (χ2v) is 10.9. The molecule has 2 N–H and O–H groups in total. The van der Waals surface area contributed by atoms with E-state index in [1.54, 1.807) is 12.3 Å². The Labute approximate surface area is 215 Å². The van der Waals surface area contributed by atoms with Crippen LogP contribution in [0.2, 0.25) is 0 Å². The van der Waals surface area contributed by atoms with Crippen molar-refractivity contribution in [2.45, 2.75) is 44.2 Å². The number of nitrogens with zero attached hydrogens (tertiary/aromatic N) is 7. The Morgan fingerprint density at radius 2 is 1.86 bits per heavy atom. The predicted octanol–water partition coefficient (Wildman–Crippen LogP) is 2.48. The number of aliphatic hydroxyl groups is 1. The number of aromatic nitrogens is 5. The van der Waals surface area contributed by atoms with Crippen molar-refractivity contribution >= 4 is 23.4 Å². The van der Waals surface area contributed by atoms with E-state index >= 15 is 0 Å². The Bertz CT molecular complexity index is 1320. The highest BCUT2D eigenvalue weighted by Crippen LogP contribution is 2.47. The highest BCUT2D eigenvalue weighted by Gasteiger charge is 2.47. The standard InChI is InChI=1S/C27H30N8O2/c1-15-4-5-28-26(32-15)20-8-21(20)27(37)33-23-9-25(31-14-30-23)35-13-19(36)7-22(35)16-2-3-24(29-10-16)34-11-17-6-18(17)12-34/h2-5,9-10,14,17-22,36H,6-8,11-13H2,1H3,(H,30,31,33,37)/t17?,18?,19-,20?,21?,22-/m0/s1. The molecule has 4 fully saturated rings. The molecular weight excluding hydrogens is 468 g/mol. The molecule has 0 aromatic carbocycles. The minimum Gasteiger partial charge on any atom is -0.391 e. The van der Waals surface area contributed by atoms with Crippen LogP contribution >= 0.6 is 0 Å². The number of rotatable bonds is 6. The number of amides is 1. The van der Waals surface area contributed by atoms with E-state index < -0.39 is 6.10 Å². The molecule has 3 aromatic rings. The van der Waals surface area contributed by atoms with Crippen molar-refractivity contribution < 1.29 is 9.90 Å². The van der Waals surface area contributed by atoms with Crippen molar-refractivity contribution in [2.75, 3.05) is 34.8 Å². The molecule has 0 radical (unpaired) electrons. The molecule has 10 heteroatoms. The first-order valence-corrected chi connectivity index (χ1v) is 13.1. The zero-order valence-electron chi connectivity index (χ0n) is 20.7. The number of β-amino-alcohol motifs (C(OH)–C–C–N with tert-alkyl or cyclic N) is 1. The highest BCUT2D eigenvalue weighted by atomic mass is 16.3. The smallest absolute Gasteiger partial charge is 0.229 e. The van der Waals surface area contributed by atoms with E-state index in [4.69, 9.17) is 4.98 Å². The summed E-state index contributed by atoms with van der Waals surface area (Å²) in [5.74, 6) is 4.39. The molecule has 4 unspecified atom stereocenters. The quantitative estimate of drug-likeness (QED) is 0.528. The molecule has 2 aliphatic carbocycles. The van der Waals surface area contributed by atoms with Gasteiger partial charge in [0, 0.05) is 55.6 Å². The van der Waals surface area contributed by atoms with E-state index in [0.717, 1.165) is 54.2 Å². The minimum absolute atomic E-state index is 0.0427. The summed E-state index contributed by atoms with van der Waals surface area (Å²) in [5, 5.41) is 13.5. The predicted molar refractivity (Wildman–Crippen MR) is 137 cm³/mol. The molecule has 4 aliphatic rings. The molecule has 2 saturated heterocycles. The van der Waals surface area contributed by atoms with Gasteiger partial charge in [-0.25, -0.2) is 24.9 Å². The van der Waals surface area contributed by atoms with Crippen LogP contribution < -0.4 is 15.1 Å². The summed E-state index contributed by atoms with van der Waals surface area (Å²) in [5.41, 5.74) is 1.95. The van der Waals surface area contributed by atoms with Gasteiger partial charge in [-0.05, 0) is 55.7 Å². The van der Waals surface area contributed by atoms with Gasteiger partial charge in [0.25, 0.3) is 0 Å². The van der Waals surface area contributed by atoms with Crippen LogP contribution in [-0.2, 0) is 4.79 Å². The normalized spacial score (nSPS) is 29.8. The van der Waals surface area contributed by atoms with Crippen LogP contribution in [-0.4, -0.2) is 61.7 Å². The van der Waals surface area contributed by atoms with Crippen molar-refractivity contribution in [3.05, 3.63) is 60.1 Å². The van der Waals surface area contributed by atoms with Gasteiger partial charge in [-0.2, -0.15) is 0 Å². The Balaban J connectivity index is 1.04. The van der Waals surface area contributed by atoms with Gasteiger partial charge in [0.05, 0.1) is 12.1 Å². The average Bonchev–Trinajstić information content (AvgIpc) is 3.79. The molecule has 2 saturated carbocycles. The number of piperidine rings is 1. The topological polar surface area (TPSA) is 120 Å². The number of carbonyl (C=O) groups is 1. The lowest BCUT2D eigenvalue weighted by molar-refractivity contribution is -0.117. The van der Waals surface area contributed by atoms with Crippen LogP contribution in [0.1, 0.15) is 48.3 Å². The third-order valence-electron chi connectivity index (χ3n) is 8.21. The van der Waals surface area contributed by atoms with Crippen LogP contribution in [0.25, 0.3) is 0 Å². The molecule has 7 rings (SSSR count). The second kappa shape index (κ2) is 8.72. The van der Waals surface area contributed by atoms with Crippen molar-refractivity contribution in [3.63, 3.8) is 0 Å². The molecule has 3 aromatic heterocycles. The second-order valence-electron chi connectivity index (χ2n) is 10.9. The lowest BCUT2D eigenvalue weighted by Crippen LogP contribution is -2.26. The number of carbonyl (C=O) groups excluding carboxylic acids is 1. The molecule has 6 atom stereocenters. The molecule has 37 heavy (non-hydrogen) atoms. The van der Waals surface area contributed by atoms with E-state index in [2.05, 4.69) is 47.2 Å². The molecule has 2 aliphatic heterocycles. The minimum atomic E-state index is -0.468. The van der Waals surface area contributed by atoms with Gasteiger partial charge in [0.15, 0.2) is 0 Å². The molecule has 10 nitrogen and oxygen atoms in total. The van der Waals surface area contributed by atoms with Crippen LogP contribution in [0.15, 0.2) is 43.0 Å². The van der Waals surface area contributed by atoms with Crippen LogP contribution in [0.5, 0.6) is 0 Å². The fourth-order valence-electron chi connectivity index (χ4n) is 5.96. The van der Waals surface area contributed by atoms with E-state index in [-0.39, 0.29) is 23.8 Å². The van der Waals surface area contributed by atoms with Crippen LogP contribution in [0.3, 0.4) is 0 Å². The molecule has 1 amide bonds. The summed E-state index contributed by atoms with van der Waals surface area (Å²) in [6.45, 7) is 4.61. The monoisotopic (exact) mass is 498 g/mol. The summed E-state index contributed by atoms with van der Waals surface area (Å²) in [7, 11) is 0. The number of hydrogen-bond donors (Lipinski definition) is 2. The molecule has 190 valence electrons. The first-order chi connectivity index (χ1) is 18.0. The number of aliphatic hydroxyl groups excluding tert-OH is 1. The fraction of sp³-hybridized carbons (Fsp3) is 0.481. The number of aryl methyl sites for hydroxylation is 1. The van der Waals surface area contributed by atoms with Gasteiger partial charge < -0.3 is 20.2 Å². The third kappa shape index (κ3) is 4.39. The maximum Gasteiger partial charge on any atom is 0.229 e. The molecule has 0 spiro atoms. The summed E-state index contributed by atoms with van der Waals surface area (Å²) >= 11 is 0. The van der Waals surface area contributed by atoms with Crippen molar-refractivity contribution in [1.29, 1.82) is 0 Å². The zero-order chi connectivity index (χ0) is 25.1. The number of pyridine rings is 1. The highest BCUT2D eigenvalue weighted by molar-refractivity contribution is 5.94. The summed E-state index contributed by atoms with van der Waals surface area (Å²) in [4.78, 5) is 39.6. The maximum absolute atomic E-state index is 12.9. The van der Waals surface area contributed by atoms with E-state index in [9.17, 15) is 9.90 Å². The first kappa shape index (κ1) is 22.5. The van der Waals surface area contributed by atoms with Crippen LogP contribution in [0.4, 0.5) is 17.5 Å². The molecule has 5 heterocycles. The Morgan fingerprint density at radius 3 is 2.65 bits per heavy atom. The van der Waals surface area contributed by atoms with E-state index in [0.29, 0.717) is 24.6 Å². The van der Waals surface area contributed by atoms with Crippen molar-refractivity contribution in [1.82, 2.24) is 24.9 Å². The van der Waals surface area contributed by atoms with Gasteiger partial charge in [0.1, 0.15) is 29.6 Å². The Hall–Kier alpha value is -3.66. The van der Waals surface area contributed by atoms with Crippen LogP contribution in [0, 0.1) is 24.7 Å². The van der Waals surface area contributed by atoms with E-state index in [1.165, 1.54) is 12.7 Å². The summed E-state index contributed by atoms with van der Waals surface area (Å²) in [6.07, 6.45) is 7.36. The molecular formula is C27H30N8O2. The number of anilines is 3. The lowest BCUT2D eigenvalue weighted by Gasteiger charge is -2.26. The van der Waals surface area contributed by atoms with Gasteiger partial charge in [0.2, 0.25) is 5.91 Å². The average molecular weight is 499 g/mol. The maximum atomic E-state index is 12.9. The van der Waals surface area contributed by atoms with Gasteiger partial charge >= 0.3 is 0 Å². The SMILES string of the molecule is Cc1ccnc(C2CC2C(=O)Nc2cc(N3C[C@@H](O)C[C@H]3c3ccc(N4CC5CC5C4)nc3)ncn2)n1. The fourth-order valence-corrected chi connectivity index (χ4v) is 5.96. The van der Waals surface area contributed by atoms with Crippen molar-refractivity contribution in [2.24, 2.45) is 17.8 Å². The number of nitrogens with one attached hydrogen (secondary N) is 1. The zero-order valence-corrected chi connectivity index (χ0v) is 20.7. The summed E-state index contributed by atoms with van der Waals surface area (Å²) in [6, 6.07) is 7.80. The summed E-state index contributed by atoms with van der Waals surface area (Å²) < 4.78 is 0. The van der Waals surface area contributed by atoms with Gasteiger partial charge in [-0.3, -0.25) is 4.79 Å². The van der Waals surface area contributed by atoms with Gasteiger partial charge in [-0.1, -0.05) is 6.07 Å². The number of hydrogen-bond acceptors (Lipinski definition) is 9. The van der Waals surface area contributed by atoms with Crippen molar-refractivity contribution in [3.8, 4) is 0 Å². The Kier molecular flexibility index (Phi) is 5.31. The third-order valence-corrected chi connectivity index (χ3v) is 8.21.